The van der Waals surface area contributed by atoms with Gasteiger partial charge in [-0.1, -0.05) is 30.3 Å². The predicted octanol–water partition coefficient (Wildman–Crippen LogP) is -5.20. The SMILES string of the molecule is NCC[C@H](OCc1ccccc1)C(=O)N[C@@H]1C(O)[C@H](N)C(O[C@@H]2O[C@H](CN)CCC2N)C(O)[C@@H]1O[C@@H]1OC(CO)[C@H](O)[C@H](N)C1O. The van der Waals surface area contributed by atoms with Crippen LogP contribution in [0.4, 0.5) is 0 Å². The van der Waals surface area contributed by atoms with Gasteiger partial charge in [-0.05, 0) is 31.4 Å². The smallest absolute Gasteiger partial charge is 0.249 e. The maximum absolute atomic E-state index is 13.6. The first-order chi connectivity index (χ1) is 22.0. The fraction of sp³-hybridized carbons (Fsp3) is 0.759. The quantitative estimate of drug-likeness (QED) is 0.0943. The van der Waals surface area contributed by atoms with Gasteiger partial charge >= 0.3 is 0 Å². The maximum atomic E-state index is 13.6. The largest absolute Gasteiger partial charge is 0.394 e. The van der Waals surface area contributed by atoms with E-state index in [1.165, 1.54) is 0 Å². The Labute approximate surface area is 267 Å². The lowest BCUT2D eigenvalue weighted by Crippen LogP contribution is -2.74. The summed E-state index contributed by atoms with van der Waals surface area (Å²) in [5.74, 6) is -0.674. The zero-order valence-electron chi connectivity index (χ0n) is 25.6. The summed E-state index contributed by atoms with van der Waals surface area (Å²) in [6, 6.07) is 4.57. The van der Waals surface area contributed by atoms with E-state index in [1.807, 2.05) is 30.3 Å². The Hall–Kier alpha value is -1.91. The highest BCUT2D eigenvalue weighted by molar-refractivity contribution is 5.81. The second-order valence-corrected chi connectivity index (χ2v) is 12.0. The summed E-state index contributed by atoms with van der Waals surface area (Å²) in [5.41, 5.74) is 30.9. The lowest BCUT2D eigenvalue weighted by molar-refractivity contribution is -0.319. The molecule has 46 heavy (non-hydrogen) atoms. The molecule has 2 saturated heterocycles. The van der Waals surface area contributed by atoms with Crippen molar-refractivity contribution in [2.45, 2.75) is 118 Å². The summed E-state index contributed by atoms with van der Waals surface area (Å²) in [7, 11) is 0. The third-order valence-corrected chi connectivity index (χ3v) is 8.77. The van der Waals surface area contributed by atoms with Crippen molar-refractivity contribution in [2.24, 2.45) is 28.7 Å². The van der Waals surface area contributed by atoms with Gasteiger partial charge in [0.2, 0.25) is 5.91 Å². The van der Waals surface area contributed by atoms with Crippen LogP contribution >= 0.6 is 0 Å². The highest BCUT2D eigenvalue weighted by Gasteiger charge is 2.54. The molecule has 2 aliphatic heterocycles. The molecular formula is C29H50N6O11. The topological polar surface area (TPSA) is 306 Å². The molecule has 1 amide bonds. The predicted molar refractivity (Wildman–Crippen MR) is 161 cm³/mol. The summed E-state index contributed by atoms with van der Waals surface area (Å²) >= 11 is 0. The number of carbonyl (C=O) groups is 1. The first-order valence-electron chi connectivity index (χ1n) is 15.6. The molecule has 2 heterocycles. The number of ether oxygens (including phenoxy) is 5. The number of nitrogens with one attached hydrogen (secondary N) is 1. The Balaban J connectivity index is 1.58. The number of benzene rings is 1. The van der Waals surface area contributed by atoms with E-state index < -0.39 is 98.1 Å². The summed E-state index contributed by atoms with van der Waals surface area (Å²) in [6.07, 6.45) is -13.2. The van der Waals surface area contributed by atoms with Crippen LogP contribution in [-0.4, -0.2) is 143 Å². The van der Waals surface area contributed by atoms with Crippen LogP contribution in [0.2, 0.25) is 0 Å². The Morgan fingerprint density at radius 2 is 1.59 bits per heavy atom. The zero-order valence-corrected chi connectivity index (χ0v) is 25.6. The molecule has 15 atom stereocenters. The molecule has 0 spiro atoms. The number of aliphatic hydroxyl groups is 5. The number of carbonyl (C=O) groups excluding carboxylic acids is 1. The van der Waals surface area contributed by atoms with Crippen molar-refractivity contribution in [1.29, 1.82) is 0 Å². The van der Waals surface area contributed by atoms with Crippen molar-refractivity contribution in [3.05, 3.63) is 35.9 Å². The second-order valence-electron chi connectivity index (χ2n) is 12.0. The van der Waals surface area contributed by atoms with Crippen molar-refractivity contribution in [3.8, 4) is 0 Å². The third-order valence-electron chi connectivity index (χ3n) is 8.77. The van der Waals surface area contributed by atoms with E-state index in [-0.39, 0.29) is 32.2 Å². The minimum atomic E-state index is -1.66. The molecule has 1 saturated carbocycles. The van der Waals surface area contributed by atoms with E-state index in [1.54, 1.807) is 0 Å². The van der Waals surface area contributed by atoms with Crippen LogP contribution in [0.3, 0.4) is 0 Å². The molecule has 17 nitrogen and oxygen atoms in total. The van der Waals surface area contributed by atoms with E-state index in [9.17, 15) is 30.3 Å². The van der Waals surface area contributed by atoms with Crippen LogP contribution in [0.1, 0.15) is 24.8 Å². The first-order valence-corrected chi connectivity index (χ1v) is 15.6. The number of amides is 1. The van der Waals surface area contributed by atoms with Gasteiger partial charge in [0, 0.05) is 6.54 Å². The third kappa shape index (κ3) is 8.56. The molecule has 1 aromatic rings. The standard InChI is InChI=1S/C29H50N6O11/c30-9-8-16(42-12-13-4-2-1-3-5-13)27(41)35-20-22(38)19(34)25(45-28-15(32)7-6-14(10-31)43-28)24(40)26(20)46-29-23(39)18(33)21(37)17(11-36)44-29/h1-5,14-26,28-29,36-40H,6-12,30-34H2,(H,35,41)/t14-,15?,16-,17?,18-,19-,20+,21-,22?,23?,24?,25?,26+,28-,29-/m0/s1. The number of aliphatic hydroxyl groups excluding tert-OH is 5. The average molecular weight is 659 g/mol. The van der Waals surface area contributed by atoms with Gasteiger partial charge in [-0.25, -0.2) is 0 Å². The molecule has 1 aromatic carbocycles. The molecule has 1 aliphatic carbocycles. The Bertz CT molecular complexity index is 1080. The maximum Gasteiger partial charge on any atom is 0.249 e. The summed E-state index contributed by atoms with van der Waals surface area (Å²) in [6.45, 7) is -0.249. The second kappa shape index (κ2) is 17.0. The highest BCUT2D eigenvalue weighted by atomic mass is 16.7. The lowest BCUT2D eigenvalue weighted by atomic mass is 9.81. The minimum absolute atomic E-state index is 0.0977. The summed E-state index contributed by atoms with van der Waals surface area (Å²) < 4.78 is 29.3. The monoisotopic (exact) mass is 658 g/mol. The van der Waals surface area contributed by atoms with Gasteiger partial charge in [-0.15, -0.1) is 0 Å². The van der Waals surface area contributed by atoms with Crippen LogP contribution < -0.4 is 34.0 Å². The lowest BCUT2D eigenvalue weighted by Gasteiger charge is -2.50. The molecule has 3 fully saturated rings. The summed E-state index contributed by atoms with van der Waals surface area (Å²) in [4.78, 5) is 13.6. The van der Waals surface area contributed by atoms with E-state index in [0.717, 1.165) is 5.56 Å². The van der Waals surface area contributed by atoms with Gasteiger partial charge in [0.05, 0.1) is 49.6 Å². The number of hydrogen-bond donors (Lipinski definition) is 11. The van der Waals surface area contributed by atoms with E-state index in [4.69, 9.17) is 52.4 Å². The van der Waals surface area contributed by atoms with Gasteiger partial charge in [0.25, 0.3) is 0 Å². The molecule has 0 radical (unpaired) electrons. The van der Waals surface area contributed by atoms with Gasteiger partial charge in [0.15, 0.2) is 12.6 Å². The molecule has 0 aromatic heterocycles. The van der Waals surface area contributed by atoms with Crippen LogP contribution in [-0.2, 0) is 35.1 Å². The average Bonchev–Trinajstić information content (AvgIpc) is 3.06. The number of rotatable bonds is 13. The van der Waals surface area contributed by atoms with Crippen molar-refractivity contribution in [3.63, 3.8) is 0 Å². The Kier molecular flexibility index (Phi) is 13.6. The van der Waals surface area contributed by atoms with Crippen molar-refractivity contribution < 1.29 is 54.0 Å². The normalized spacial score (nSPS) is 40.7. The molecule has 17 heteroatoms. The molecule has 6 unspecified atom stereocenters. The van der Waals surface area contributed by atoms with Crippen LogP contribution in [0.5, 0.6) is 0 Å². The van der Waals surface area contributed by atoms with Gasteiger partial charge < -0.3 is 83.2 Å². The molecular weight excluding hydrogens is 608 g/mol. The zero-order chi connectivity index (χ0) is 33.5. The van der Waals surface area contributed by atoms with Gasteiger partial charge in [0.1, 0.15) is 42.7 Å². The highest BCUT2D eigenvalue weighted by Crippen LogP contribution is 2.32. The van der Waals surface area contributed by atoms with E-state index in [2.05, 4.69) is 5.32 Å². The van der Waals surface area contributed by atoms with Gasteiger partial charge in [-0.3, -0.25) is 4.79 Å². The number of nitrogens with two attached hydrogens (primary N) is 5. The first kappa shape index (κ1) is 36.9. The van der Waals surface area contributed by atoms with Crippen LogP contribution in [0.25, 0.3) is 0 Å². The fourth-order valence-corrected chi connectivity index (χ4v) is 5.95. The van der Waals surface area contributed by atoms with Crippen molar-refractivity contribution in [1.82, 2.24) is 5.32 Å². The number of hydrogen-bond acceptors (Lipinski definition) is 16. The van der Waals surface area contributed by atoms with E-state index >= 15 is 0 Å². The molecule has 16 N–H and O–H groups in total. The summed E-state index contributed by atoms with van der Waals surface area (Å²) in [5, 5.41) is 56.6. The van der Waals surface area contributed by atoms with Crippen molar-refractivity contribution >= 4 is 5.91 Å². The Morgan fingerprint density at radius 3 is 2.24 bits per heavy atom. The van der Waals surface area contributed by atoms with Crippen LogP contribution in [0.15, 0.2) is 30.3 Å². The van der Waals surface area contributed by atoms with Gasteiger partial charge in [-0.2, -0.15) is 0 Å². The molecule has 3 aliphatic rings. The molecule has 0 bridgehead atoms. The Morgan fingerprint density at radius 1 is 0.891 bits per heavy atom. The minimum Gasteiger partial charge on any atom is -0.394 e. The molecule has 262 valence electrons. The van der Waals surface area contributed by atoms with Crippen LogP contribution in [0, 0.1) is 0 Å². The van der Waals surface area contributed by atoms with E-state index in [0.29, 0.717) is 12.8 Å². The van der Waals surface area contributed by atoms with Crippen molar-refractivity contribution in [2.75, 3.05) is 19.7 Å². The molecule has 4 rings (SSSR count). The fourth-order valence-electron chi connectivity index (χ4n) is 5.95.